The quantitative estimate of drug-likeness (QED) is 0.337. The van der Waals surface area contributed by atoms with E-state index in [9.17, 15) is 9.59 Å². The molecule has 1 saturated heterocycles. The number of hydrogen-bond donors (Lipinski definition) is 0. The maximum absolute atomic E-state index is 13.1. The Morgan fingerprint density at radius 1 is 1.09 bits per heavy atom. The maximum atomic E-state index is 13.1. The summed E-state index contributed by atoms with van der Waals surface area (Å²) in [5.41, 5.74) is 2.01. The number of esters is 1. The maximum Gasteiger partial charge on any atom is 0.306 e. The lowest BCUT2D eigenvalue weighted by atomic mass is 9.88. The van der Waals surface area contributed by atoms with E-state index in [-0.39, 0.29) is 11.9 Å². The van der Waals surface area contributed by atoms with Gasteiger partial charge in [-0.15, -0.1) is 11.3 Å². The average molecular weight is 529 g/mol. The molecule has 1 aliphatic heterocycles. The summed E-state index contributed by atoms with van der Waals surface area (Å²) in [6.07, 6.45) is 2.98. The molecule has 4 nitrogen and oxygen atoms in total. The normalized spacial score (nSPS) is 15.1. The third kappa shape index (κ3) is 6.04. The molecule has 1 aromatic heterocycles. The van der Waals surface area contributed by atoms with Crippen LogP contribution >= 0.6 is 27.3 Å². The second-order valence-electron chi connectivity index (χ2n) is 9.66. The van der Waals surface area contributed by atoms with Crippen molar-refractivity contribution in [3.05, 3.63) is 69.0 Å². The van der Waals surface area contributed by atoms with Gasteiger partial charge in [-0.3, -0.25) is 9.59 Å². The summed E-state index contributed by atoms with van der Waals surface area (Å²) < 4.78 is 7.58. The molecule has 1 aliphatic rings. The van der Waals surface area contributed by atoms with Gasteiger partial charge in [0.15, 0.2) is 0 Å². The van der Waals surface area contributed by atoms with Gasteiger partial charge in [-0.05, 0) is 75.3 Å². The fourth-order valence-corrected chi connectivity index (χ4v) is 6.01. The van der Waals surface area contributed by atoms with Gasteiger partial charge in [0.1, 0.15) is 5.60 Å². The third-order valence-corrected chi connectivity index (χ3v) is 7.74. The molecule has 33 heavy (non-hydrogen) atoms. The number of piperidine rings is 1. The molecule has 0 spiro atoms. The van der Waals surface area contributed by atoms with E-state index in [1.807, 2.05) is 43.9 Å². The van der Waals surface area contributed by atoms with Gasteiger partial charge in [0.05, 0.1) is 4.88 Å². The summed E-state index contributed by atoms with van der Waals surface area (Å²) in [6, 6.07) is 16.6. The van der Waals surface area contributed by atoms with Crippen LogP contribution in [0.5, 0.6) is 0 Å². The summed E-state index contributed by atoms with van der Waals surface area (Å²) in [4.78, 5) is 27.9. The zero-order chi connectivity index (χ0) is 23.6. The zero-order valence-electron chi connectivity index (χ0n) is 19.4. The van der Waals surface area contributed by atoms with Crippen LogP contribution in [0.3, 0.4) is 0 Å². The minimum Gasteiger partial charge on any atom is -0.460 e. The van der Waals surface area contributed by atoms with Crippen LogP contribution in [0, 0.1) is 0 Å². The van der Waals surface area contributed by atoms with Crippen molar-refractivity contribution in [3.63, 3.8) is 0 Å². The highest BCUT2D eigenvalue weighted by Crippen LogP contribution is 2.34. The van der Waals surface area contributed by atoms with Crippen molar-refractivity contribution in [2.24, 2.45) is 0 Å². The van der Waals surface area contributed by atoms with Crippen LogP contribution < -0.4 is 0 Å². The predicted octanol–water partition coefficient (Wildman–Crippen LogP) is 6.96. The molecule has 0 N–H and O–H groups in total. The number of fused-ring (bicyclic) bond motifs is 1. The SMILES string of the molecule is CC(C)(C)OC(=O)CCc1cccc(C2CCN(C(=O)c3cc4c(Br)cccc4s3)CC2)c1. The Labute approximate surface area is 208 Å². The molecule has 1 amide bonds. The Bertz CT molecular complexity index is 1160. The Hall–Kier alpha value is -2.18. The summed E-state index contributed by atoms with van der Waals surface area (Å²) in [5, 5.41) is 1.10. The first-order valence-corrected chi connectivity index (χ1v) is 13.1. The van der Waals surface area contributed by atoms with Crippen LogP contribution in [-0.2, 0) is 16.0 Å². The van der Waals surface area contributed by atoms with Crippen LogP contribution in [0.1, 0.15) is 66.8 Å². The Balaban J connectivity index is 1.34. The van der Waals surface area contributed by atoms with Crippen LogP contribution in [0.15, 0.2) is 53.0 Å². The molecule has 1 fully saturated rings. The van der Waals surface area contributed by atoms with E-state index in [2.05, 4.69) is 46.3 Å². The standard InChI is InChI=1S/C27H30BrNO3S/c1-27(2,3)32-25(30)11-10-18-6-4-7-20(16-18)19-12-14-29(15-13-19)26(31)24-17-21-22(28)8-5-9-23(21)33-24/h4-9,16-17,19H,10-15H2,1-3H3. The number of benzene rings is 2. The number of likely N-dealkylation sites (tertiary alicyclic amines) is 1. The second-order valence-corrected chi connectivity index (χ2v) is 11.6. The Morgan fingerprint density at radius 2 is 1.82 bits per heavy atom. The smallest absolute Gasteiger partial charge is 0.306 e. The van der Waals surface area contributed by atoms with Crippen LogP contribution in [-0.4, -0.2) is 35.5 Å². The van der Waals surface area contributed by atoms with Crippen LogP contribution in [0.25, 0.3) is 10.1 Å². The van der Waals surface area contributed by atoms with Gasteiger partial charge < -0.3 is 9.64 Å². The van der Waals surface area contributed by atoms with Crippen molar-refractivity contribution >= 4 is 49.2 Å². The molecule has 4 rings (SSSR count). The minimum atomic E-state index is -0.448. The van der Waals surface area contributed by atoms with Gasteiger partial charge in [-0.25, -0.2) is 0 Å². The van der Waals surface area contributed by atoms with Gasteiger partial charge in [0.2, 0.25) is 0 Å². The molecular formula is C27H30BrNO3S. The monoisotopic (exact) mass is 527 g/mol. The lowest BCUT2D eigenvalue weighted by Gasteiger charge is -2.32. The molecule has 0 radical (unpaired) electrons. The predicted molar refractivity (Wildman–Crippen MR) is 138 cm³/mol. The number of amides is 1. The van der Waals surface area contributed by atoms with Crippen molar-refractivity contribution in [1.82, 2.24) is 4.90 Å². The zero-order valence-corrected chi connectivity index (χ0v) is 21.8. The number of rotatable bonds is 5. The van der Waals surface area contributed by atoms with Crippen LogP contribution in [0.2, 0.25) is 0 Å². The molecule has 0 bridgehead atoms. The van der Waals surface area contributed by atoms with E-state index in [0.29, 0.717) is 18.8 Å². The largest absolute Gasteiger partial charge is 0.460 e. The van der Waals surface area contributed by atoms with Gasteiger partial charge >= 0.3 is 5.97 Å². The molecule has 2 aromatic carbocycles. The lowest BCUT2D eigenvalue weighted by molar-refractivity contribution is -0.154. The van der Waals surface area contributed by atoms with Crippen molar-refractivity contribution in [2.75, 3.05) is 13.1 Å². The fraction of sp³-hybridized carbons (Fsp3) is 0.407. The van der Waals surface area contributed by atoms with Crippen molar-refractivity contribution in [1.29, 1.82) is 0 Å². The van der Waals surface area contributed by atoms with Gasteiger partial charge in [0, 0.05) is 34.1 Å². The third-order valence-electron chi connectivity index (χ3n) is 5.96. The first-order chi connectivity index (χ1) is 15.7. The van der Waals surface area contributed by atoms with Gasteiger partial charge in [0.25, 0.3) is 5.91 Å². The number of carbonyl (C=O) groups excluding carboxylic acids is 2. The molecule has 0 atom stereocenters. The number of thiophene rings is 1. The van der Waals surface area contributed by atoms with Crippen molar-refractivity contribution in [3.8, 4) is 0 Å². The van der Waals surface area contributed by atoms with Crippen molar-refractivity contribution < 1.29 is 14.3 Å². The number of ether oxygens (including phenoxy) is 1. The van der Waals surface area contributed by atoms with E-state index >= 15 is 0 Å². The number of carbonyl (C=O) groups is 2. The molecule has 0 unspecified atom stereocenters. The van der Waals surface area contributed by atoms with E-state index in [4.69, 9.17) is 4.74 Å². The second kappa shape index (κ2) is 9.98. The molecular weight excluding hydrogens is 498 g/mol. The number of aryl methyl sites for hydroxylation is 1. The van der Waals surface area contributed by atoms with Crippen molar-refractivity contribution in [2.45, 2.75) is 58.0 Å². The van der Waals surface area contributed by atoms with E-state index < -0.39 is 5.60 Å². The average Bonchev–Trinajstić information content (AvgIpc) is 3.22. The summed E-state index contributed by atoms with van der Waals surface area (Å²) in [7, 11) is 0. The van der Waals surface area contributed by atoms with E-state index in [1.165, 1.54) is 5.56 Å². The first kappa shape index (κ1) is 24.0. The molecule has 0 saturated carbocycles. The van der Waals surface area contributed by atoms with Crippen LogP contribution in [0.4, 0.5) is 0 Å². The first-order valence-electron chi connectivity index (χ1n) is 11.5. The number of halogens is 1. The Kier molecular flexibility index (Phi) is 7.25. The number of nitrogens with zero attached hydrogens (tertiary/aromatic N) is 1. The van der Waals surface area contributed by atoms with Gasteiger partial charge in [-0.1, -0.05) is 46.3 Å². The molecule has 3 aromatic rings. The molecule has 174 valence electrons. The lowest BCUT2D eigenvalue weighted by Crippen LogP contribution is -2.37. The highest BCUT2D eigenvalue weighted by atomic mass is 79.9. The molecule has 6 heteroatoms. The molecule has 2 heterocycles. The molecule has 0 aliphatic carbocycles. The summed E-state index contributed by atoms with van der Waals surface area (Å²) in [5.74, 6) is 0.410. The Morgan fingerprint density at radius 3 is 2.52 bits per heavy atom. The number of hydrogen-bond acceptors (Lipinski definition) is 4. The summed E-state index contributed by atoms with van der Waals surface area (Å²) >= 11 is 5.15. The highest BCUT2D eigenvalue weighted by molar-refractivity contribution is 9.10. The van der Waals surface area contributed by atoms with E-state index in [0.717, 1.165) is 50.9 Å². The highest BCUT2D eigenvalue weighted by Gasteiger charge is 2.26. The fourth-order valence-electron chi connectivity index (χ4n) is 4.34. The van der Waals surface area contributed by atoms with Gasteiger partial charge in [-0.2, -0.15) is 0 Å². The topological polar surface area (TPSA) is 46.6 Å². The van der Waals surface area contributed by atoms with E-state index in [1.54, 1.807) is 11.3 Å². The minimum absolute atomic E-state index is 0.132. The summed E-state index contributed by atoms with van der Waals surface area (Å²) in [6.45, 7) is 7.20.